The molecular weight excluding hydrogens is 464 g/mol. The molecule has 0 unspecified atom stereocenters. The minimum atomic E-state index is -0.922. The Hall–Kier alpha value is -2.84. The van der Waals surface area contributed by atoms with E-state index < -0.39 is 5.97 Å². The number of aromatic carboxylic acids is 1. The third-order valence-corrected chi connectivity index (χ3v) is 7.15. The van der Waals surface area contributed by atoms with Gasteiger partial charge in [-0.2, -0.15) is 0 Å². The lowest BCUT2D eigenvalue weighted by Gasteiger charge is -2.14. The number of aromatic nitrogens is 4. The van der Waals surface area contributed by atoms with Crippen LogP contribution in [0.15, 0.2) is 58.6 Å². The van der Waals surface area contributed by atoms with Crippen molar-refractivity contribution >= 4 is 40.5 Å². The van der Waals surface area contributed by atoms with Gasteiger partial charge in [-0.15, -0.1) is 33.7 Å². The van der Waals surface area contributed by atoms with Crippen LogP contribution in [0.25, 0.3) is 22.2 Å². The van der Waals surface area contributed by atoms with Crippen LogP contribution in [-0.2, 0) is 6.54 Å². The number of carboxylic acids is 1. The topological polar surface area (TPSA) is 80.9 Å². The molecule has 0 bridgehead atoms. The highest BCUT2D eigenvalue weighted by molar-refractivity contribution is 7.99. The van der Waals surface area contributed by atoms with Crippen molar-refractivity contribution in [1.82, 2.24) is 19.7 Å². The number of fused-ring (bicyclic) bond motifs is 1. The predicted octanol–water partition coefficient (Wildman–Crippen LogP) is 6.59. The standard InChI is InChI=1S/C26H28N4O2S2/c1-5-33-24-21-22(25(29-28-24)34-6-2)30(23(27-21)16(3)4)15-17-11-13-18(14-12-17)19-9-7-8-10-20(19)26(31)32/h7-14,16H,5-6,15H2,1-4H3,(H,31,32). The van der Waals surface area contributed by atoms with E-state index in [1.54, 1.807) is 35.7 Å². The first-order valence-electron chi connectivity index (χ1n) is 11.4. The van der Waals surface area contributed by atoms with Gasteiger partial charge < -0.3 is 9.67 Å². The monoisotopic (exact) mass is 492 g/mol. The van der Waals surface area contributed by atoms with Gasteiger partial charge in [0.15, 0.2) is 0 Å². The van der Waals surface area contributed by atoms with Gasteiger partial charge in [-0.1, -0.05) is 70.2 Å². The van der Waals surface area contributed by atoms with Gasteiger partial charge in [0.1, 0.15) is 26.9 Å². The van der Waals surface area contributed by atoms with Crippen LogP contribution in [0.5, 0.6) is 0 Å². The SMILES string of the molecule is CCSc1nnc(SCC)c2c1nc(C(C)C)n2Cc1ccc(-c2ccccc2C(=O)O)cc1. The predicted molar refractivity (Wildman–Crippen MR) is 140 cm³/mol. The number of carboxylic acid groups (broad SMARTS) is 1. The summed E-state index contributed by atoms with van der Waals surface area (Å²) in [6.07, 6.45) is 0. The fraction of sp³-hybridized carbons (Fsp3) is 0.308. The zero-order valence-electron chi connectivity index (χ0n) is 19.8. The molecule has 0 amide bonds. The van der Waals surface area contributed by atoms with Gasteiger partial charge >= 0.3 is 5.97 Å². The number of imidazole rings is 1. The second kappa shape index (κ2) is 10.6. The molecule has 6 nitrogen and oxygen atoms in total. The summed E-state index contributed by atoms with van der Waals surface area (Å²) < 4.78 is 2.27. The van der Waals surface area contributed by atoms with Crippen molar-refractivity contribution in [1.29, 1.82) is 0 Å². The van der Waals surface area contributed by atoms with Crippen LogP contribution in [0, 0.1) is 0 Å². The molecule has 0 saturated carbocycles. The Morgan fingerprint density at radius 1 is 0.971 bits per heavy atom. The maximum atomic E-state index is 11.6. The number of thioether (sulfide) groups is 2. The fourth-order valence-electron chi connectivity index (χ4n) is 3.98. The summed E-state index contributed by atoms with van der Waals surface area (Å²) in [4.78, 5) is 16.7. The first-order chi connectivity index (χ1) is 16.4. The number of hydrogen-bond donors (Lipinski definition) is 1. The van der Waals surface area contributed by atoms with Crippen molar-refractivity contribution in [2.45, 2.75) is 50.2 Å². The number of rotatable bonds is 9. The molecule has 176 valence electrons. The summed E-state index contributed by atoms with van der Waals surface area (Å²) in [5.41, 5.74) is 4.99. The molecule has 4 aromatic rings. The van der Waals surface area contributed by atoms with E-state index in [0.717, 1.165) is 55.1 Å². The highest BCUT2D eigenvalue weighted by atomic mass is 32.2. The Morgan fingerprint density at radius 3 is 2.26 bits per heavy atom. The lowest BCUT2D eigenvalue weighted by Crippen LogP contribution is -2.08. The molecule has 8 heteroatoms. The first kappa shape index (κ1) is 24.3. The molecule has 0 radical (unpaired) electrons. The van der Waals surface area contributed by atoms with Crippen molar-refractivity contribution in [3.05, 3.63) is 65.5 Å². The van der Waals surface area contributed by atoms with Crippen LogP contribution >= 0.6 is 23.5 Å². The molecule has 4 rings (SSSR count). The second-order valence-corrected chi connectivity index (χ2v) is 10.6. The van der Waals surface area contributed by atoms with E-state index in [9.17, 15) is 9.90 Å². The molecule has 2 aromatic carbocycles. The van der Waals surface area contributed by atoms with Crippen LogP contribution < -0.4 is 0 Å². The van der Waals surface area contributed by atoms with E-state index in [4.69, 9.17) is 4.98 Å². The van der Waals surface area contributed by atoms with E-state index in [0.29, 0.717) is 12.1 Å². The van der Waals surface area contributed by atoms with E-state index in [1.165, 1.54) is 0 Å². The van der Waals surface area contributed by atoms with Crippen molar-refractivity contribution < 1.29 is 9.90 Å². The Bertz CT molecular complexity index is 1320. The van der Waals surface area contributed by atoms with E-state index in [1.807, 2.05) is 24.3 Å². The summed E-state index contributed by atoms with van der Waals surface area (Å²) >= 11 is 3.35. The minimum Gasteiger partial charge on any atom is -0.478 e. The molecule has 1 N–H and O–H groups in total. The Labute approximate surface area is 208 Å². The van der Waals surface area contributed by atoms with Crippen molar-refractivity contribution in [2.75, 3.05) is 11.5 Å². The van der Waals surface area contributed by atoms with Gasteiger partial charge in [0.05, 0.1) is 5.56 Å². The molecule has 0 saturated heterocycles. The maximum absolute atomic E-state index is 11.6. The third-order valence-electron chi connectivity index (χ3n) is 5.48. The van der Waals surface area contributed by atoms with Crippen molar-refractivity contribution in [2.24, 2.45) is 0 Å². The molecule has 0 aliphatic rings. The Kier molecular flexibility index (Phi) is 7.58. The van der Waals surface area contributed by atoms with Crippen LogP contribution in [0.2, 0.25) is 0 Å². The third kappa shape index (κ3) is 4.83. The van der Waals surface area contributed by atoms with E-state index in [2.05, 4.69) is 54.6 Å². The average molecular weight is 493 g/mol. The highest BCUT2D eigenvalue weighted by Gasteiger charge is 2.22. The molecule has 0 spiro atoms. The smallest absolute Gasteiger partial charge is 0.336 e. The van der Waals surface area contributed by atoms with Gasteiger partial charge in [-0.05, 0) is 34.3 Å². The first-order valence-corrected chi connectivity index (χ1v) is 13.4. The summed E-state index contributed by atoms with van der Waals surface area (Å²) in [7, 11) is 0. The fourth-order valence-corrected chi connectivity index (χ4v) is 5.35. The van der Waals surface area contributed by atoms with Crippen molar-refractivity contribution in [3.63, 3.8) is 0 Å². The molecule has 2 heterocycles. The summed E-state index contributed by atoms with van der Waals surface area (Å²) in [6, 6.07) is 15.2. The Balaban J connectivity index is 1.78. The van der Waals surface area contributed by atoms with Gasteiger partial charge in [-0.3, -0.25) is 0 Å². The zero-order valence-corrected chi connectivity index (χ0v) is 21.4. The summed E-state index contributed by atoms with van der Waals surface area (Å²) in [5, 5.41) is 20.3. The quantitative estimate of drug-likeness (QED) is 0.264. The van der Waals surface area contributed by atoms with Gasteiger partial charge in [0.2, 0.25) is 0 Å². The van der Waals surface area contributed by atoms with Crippen LogP contribution in [0.3, 0.4) is 0 Å². The lowest BCUT2D eigenvalue weighted by molar-refractivity contribution is 0.0697. The van der Waals surface area contributed by atoms with Crippen molar-refractivity contribution in [3.8, 4) is 11.1 Å². The van der Waals surface area contributed by atoms with Gasteiger partial charge in [0, 0.05) is 12.5 Å². The summed E-state index contributed by atoms with van der Waals surface area (Å²) in [5.74, 6) is 2.15. The number of carbonyl (C=O) groups is 1. The van der Waals surface area contributed by atoms with Gasteiger partial charge in [0.25, 0.3) is 0 Å². The molecule has 0 atom stereocenters. The minimum absolute atomic E-state index is 0.244. The van der Waals surface area contributed by atoms with Crippen LogP contribution in [0.1, 0.15) is 55.4 Å². The van der Waals surface area contributed by atoms with E-state index in [-0.39, 0.29) is 5.92 Å². The summed E-state index contributed by atoms with van der Waals surface area (Å²) in [6.45, 7) is 9.19. The molecule has 0 aliphatic heterocycles. The molecule has 34 heavy (non-hydrogen) atoms. The normalized spacial score (nSPS) is 11.4. The zero-order chi connectivity index (χ0) is 24.2. The number of nitrogens with zero attached hydrogens (tertiary/aromatic N) is 4. The van der Waals surface area contributed by atoms with Crippen LogP contribution in [0.4, 0.5) is 0 Å². The van der Waals surface area contributed by atoms with Gasteiger partial charge in [-0.25, -0.2) is 9.78 Å². The molecular formula is C26H28N4O2S2. The van der Waals surface area contributed by atoms with Crippen LogP contribution in [-0.4, -0.2) is 42.3 Å². The maximum Gasteiger partial charge on any atom is 0.336 e. The number of benzene rings is 2. The molecule has 2 aromatic heterocycles. The van der Waals surface area contributed by atoms with E-state index >= 15 is 0 Å². The lowest BCUT2D eigenvalue weighted by atomic mass is 9.98. The largest absolute Gasteiger partial charge is 0.478 e. The number of hydrogen-bond acceptors (Lipinski definition) is 6. The Morgan fingerprint density at radius 2 is 1.62 bits per heavy atom. The second-order valence-electron chi connectivity index (χ2n) is 8.13. The molecule has 0 aliphatic carbocycles. The molecule has 0 fully saturated rings. The highest BCUT2D eigenvalue weighted by Crippen LogP contribution is 2.34. The average Bonchev–Trinajstić information content (AvgIpc) is 3.21.